The van der Waals surface area contributed by atoms with Crippen molar-refractivity contribution in [3.63, 3.8) is 0 Å². The molecule has 0 aromatic carbocycles. The zero-order valence-corrected chi connectivity index (χ0v) is 12.9. The average molecular weight is 304 g/mol. The van der Waals surface area contributed by atoms with E-state index >= 15 is 0 Å². The highest BCUT2D eigenvalue weighted by Crippen LogP contribution is 2.12. The van der Waals surface area contributed by atoms with Crippen molar-refractivity contribution in [3.8, 4) is 0 Å². The lowest BCUT2D eigenvalue weighted by Gasteiger charge is -2.25. The van der Waals surface area contributed by atoms with Crippen LogP contribution in [0.1, 0.15) is 13.8 Å². The zero-order chi connectivity index (χ0) is 16.1. The first kappa shape index (κ1) is 18.2. The van der Waals surface area contributed by atoms with Crippen LogP contribution in [-0.2, 0) is 23.9 Å². The molecule has 0 aliphatic rings. The van der Waals surface area contributed by atoms with Gasteiger partial charge < -0.3 is 14.4 Å². The third kappa shape index (κ3) is 6.37. The number of hydrogen-bond donors (Lipinski definition) is 1. The molecule has 7 nitrogen and oxygen atoms in total. The highest BCUT2D eigenvalue weighted by molar-refractivity contribution is 7.86. The van der Waals surface area contributed by atoms with Crippen molar-refractivity contribution >= 4 is 21.9 Å². The number of carbonyl (C=O) groups is 2. The molecule has 0 fully saturated rings. The number of nitrogens with zero attached hydrogens (tertiary/aromatic N) is 1. The molecular weight excluding hydrogens is 284 g/mol. The van der Waals surface area contributed by atoms with Crippen molar-refractivity contribution < 1.29 is 22.2 Å². The van der Waals surface area contributed by atoms with Crippen molar-refractivity contribution in [2.24, 2.45) is 0 Å². The molecule has 20 heavy (non-hydrogen) atoms. The maximum atomic E-state index is 11.8. The molecule has 2 amide bonds. The van der Waals surface area contributed by atoms with Crippen LogP contribution in [0.5, 0.6) is 0 Å². The molecule has 0 atom stereocenters. The summed E-state index contributed by atoms with van der Waals surface area (Å²) in [4.78, 5) is 23.8. The van der Waals surface area contributed by atoms with Gasteiger partial charge >= 0.3 is 10.1 Å². The first-order chi connectivity index (χ1) is 8.90. The standard InChI is InChI=1S/C12H20N2O5S/c1-7-10(15)13-12(3,4)8-20(17,18)19-9(2)11(16)14(5)6/h7H,1-2,8H2,3-6H3,(H,13,15). The van der Waals surface area contributed by atoms with E-state index in [1.54, 1.807) is 0 Å². The van der Waals surface area contributed by atoms with E-state index in [0.29, 0.717) is 0 Å². The van der Waals surface area contributed by atoms with E-state index in [1.807, 2.05) is 0 Å². The second kappa shape index (κ2) is 6.56. The van der Waals surface area contributed by atoms with Crippen LogP contribution < -0.4 is 5.32 Å². The van der Waals surface area contributed by atoms with Gasteiger partial charge in [-0.1, -0.05) is 6.58 Å². The van der Waals surface area contributed by atoms with Crippen molar-refractivity contribution in [1.82, 2.24) is 10.2 Å². The number of amides is 2. The summed E-state index contributed by atoms with van der Waals surface area (Å²) in [5.74, 6) is -2.17. The van der Waals surface area contributed by atoms with Crippen molar-refractivity contribution in [1.29, 1.82) is 0 Å². The summed E-state index contributed by atoms with van der Waals surface area (Å²) in [6, 6.07) is 0. The molecule has 114 valence electrons. The fourth-order valence-electron chi connectivity index (χ4n) is 1.33. The Morgan fingerprint density at radius 3 is 2.25 bits per heavy atom. The molecule has 0 radical (unpaired) electrons. The van der Waals surface area contributed by atoms with E-state index in [1.165, 1.54) is 27.9 Å². The van der Waals surface area contributed by atoms with Crippen LogP contribution >= 0.6 is 0 Å². The number of carbonyl (C=O) groups excluding carboxylic acids is 2. The lowest BCUT2D eigenvalue weighted by molar-refractivity contribution is -0.126. The van der Waals surface area contributed by atoms with Gasteiger partial charge in [0, 0.05) is 14.1 Å². The van der Waals surface area contributed by atoms with Gasteiger partial charge in [0.05, 0.1) is 5.54 Å². The Bertz CT molecular complexity index is 520. The Morgan fingerprint density at radius 2 is 1.85 bits per heavy atom. The Morgan fingerprint density at radius 1 is 1.35 bits per heavy atom. The van der Waals surface area contributed by atoms with E-state index in [9.17, 15) is 18.0 Å². The quantitative estimate of drug-likeness (QED) is 0.406. The van der Waals surface area contributed by atoms with Gasteiger partial charge in [-0.15, -0.1) is 0 Å². The van der Waals surface area contributed by atoms with Crippen LogP contribution in [0.3, 0.4) is 0 Å². The summed E-state index contributed by atoms with van der Waals surface area (Å²) in [7, 11) is -1.18. The molecule has 0 bridgehead atoms. The number of nitrogens with one attached hydrogen (secondary N) is 1. The van der Waals surface area contributed by atoms with Crippen LogP contribution in [0.25, 0.3) is 0 Å². The summed E-state index contributed by atoms with van der Waals surface area (Å²) < 4.78 is 28.3. The Balaban J connectivity index is 4.83. The topological polar surface area (TPSA) is 92.8 Å². The first-order valence-corrected chi connectivity index (χ1v) is 7.25. The molecule has 0 aromatic heterocycles. The van der Waals surface area contributed by atoms with Crippen molar-refractivity contribution in [2.75, 3.05) is 19.8 Å². The van der Waals surface area contributed by atoms with Gasteiger partial charge in [-0.25, -0.2) is 0 Å². The molecule has 0 rings (SSSR count). The van der Waals surface area contributed by atoms with Crippen LogP contribution in [0.4, 0.5) is 0 Å². The van der Waals surface area contributed by atoms with Crippen LogP contribution in [0.15, 0.2) is 25.0 Å². The summed E-state index contributed by atoms with van der Waals surface area (Å²) >= 11 is 0. The van der Waals surface area contributed by atoms with Gasteiger partial charge in [0.2, 0.25) is 5.91 Å². The molecule has 0 spiro atoms. The monoisotopic (exact) mass is 304 g/mol. The molecule has 1 N–H and O–H groups in total. The van der Waals surface area contributed by atoms with Crippen molar-refractivity contribution in [2.45, 2.75) is 19.4 Å². The SMILES string of the molecule is C=CC(=O)NC(C)(C)CS(=O)(=O)OC(=C)C(=O)N(C)C. The van der Waals surface area contributed by atoms with E-state index in [0.717, 1.165) is 11.0 Å². The molecule has 8 heteroatoms. The third-order valence-electron chi connectivity index (χ3n) is 2.06. The van der Waals surface area contributed by atoms with E-state index < -0.39 is 39.0 Å². The summed E-state index contributed by atoms with van der Waals surface area (Å²) in [5.41, 5.74) is -1.08. The minimum atomic E-state index is -4.07. The second-order valence-corrected chi connectivity index (χ2v) is 6.56. The summed E-state index contributed by atoms with van der Waals surface area (Å²) in [6.45, 7) is 9.56. The largest absolute Gasteiger partial charge is 0.377 e. The number of rotatable bonds is 7. The van der Waals surface area contributed by atoms with Gasteiger partial charge in [-0.2, -0.15) is 8.42 Å². The normalized spacial score (nSPS) is 11.4. The minimum absolute atomic E-state index is 0.499. The van der Waals surface area contributed by atoms with Crippen LogP contribution in [0.2, 0.25) is 0 Å². The van der Waals surface area contributed by atoms with Gasteiger partial charge in [0.15, 0.2) is 5.76 Å². The maximum Gasteiger partial charge on any atom is 0.311 e. The molecule has 0 saturated heterocycles. The third-order valence-corrected chi connectivity index (χ3v) is 3.59. The van der Waals surface area contributed by atoms with Gasteiger partial charge in [0.1, 0.15) is 5.75 Å². The summed E-state index contributed by atoms with van der Waals surface area (Å²) in [6.07, 6.45) is 1.03. The zero-order valence-electron chi connectivity index (χ0n) is 12.1. The fraction of sp³-hybridized carbons (Fsp3) is 0.500. The number of hydrogen-bond acceptors (Lipinski definition) is 5. The Labute approximate surface area is 119 Å². The molecule has 0 unspecified atom stereocenters. The Kier molecular flexibility index (Phi) is 5.96. The predicted octanol–water partition coefficient (Wildman–Crippen LogP) is 0.0155. The second-order valence-electron chi connectivity index (χ2n) is 4.99. The molecule has 0 saturated carbocycles. The lowest BCUT2D eigenvalue weighted by atomic mass is 10.1. The maximum absolute atomic E-state index is 11.8. The highest BCUT2D eigenvalue weighted by atomic mass is 32.2. The van der Waals surface area contributed by atoms with E-state index in [-0.39, 0.29) is 0 Å². The number of likely N-dealkylation sites (N-methyl/N-ethyl adjacent to an activating group) is 1. The molecular formula is C12H20N2O5S. The molecule has 0 aliphatic carbocycles. The van der Waals surface area contributed by atoms with Gasteiger partial charge in [-0.05, 0) is 26.5 Å². The van der Waals surface area contributed by atoms with Crippen LogP contribution in [-0.4, -0.2) is 50.5 Å². The molecule has 0 aliphatic heterocycles. The predicted molar refractivity (Wildman–Crippen MR) is 75.1 cm³/mol. The van der Waals surface area contributed by atoms with Crippen LogP contribution in [0, 0.1) is 0 Å². The fourth-order valence-corrected chi connectivity index (χ4v) is 2.72. The summed E-state index contributed by atoms with van der Waals surface area (Å²) in [5, 5.41) is 2.45. The van der Waals surface area contributed by atoms with E-state index in [4.69, 9.17) is 0 Å². The van der Waals surface area contributed by atoms with Gasteiger partial charge in [0.25, 0.3) is 5.91 Å². The molecule has 0 aromatic rings. The van der Waals surface area contributed by atoms with E-state index in [2.05, 4.69) is 22.7 Å². The minimum Gasteiger partial charge on any atom is -0.377 e. The first-order valence-electron chi connectivity index (χ1n) is 5.67. The Hall–Kier alpha value is -1.83. The lowest BCUT2D eigenvalue weighted by Crippen LogP contribution is -2.48. The highest BCUT2D eigenvalue weighted by Gasteiger charge is 2.30. The smallest absolute Gasteiger partial charge is 0.311 e. The van der Waals surface area contributed by atoms with Crippen molar-refractivity contribution in [3.05, 3.63) is 25.0 Å². The average Bonchev–Trinajstić information content (AvgIpc) is 2.24. The van der Waals surface area contributed by atoms with Gasteiger partial charge in [-0.3, -0.25) is 9.59 Å². The molecule has 0 heterocycles.